The van der Waals surface area contributed by atoms with Crippen LogP contribution in [0.15, 0.2) is 0 Å². The number of alkyl halides is 1. The average molecular weight is 162 g/mol. The Morgan fingerprint density at radius 1 is 1.10 bits per heavy atom. The molecule has 60 valence electrons. The zero-order chi connectivity index (χ0) is 7.40. The SMILES string of the molecule is CC(Cl)N1CCCCCC1. The van der Waals surface area contributed by atoms with Gasteiger partial charge in [-0.2, -0.15) is 0 Å². The molecule has 0 N–H and O–H groups in total. The van der Waals surface area contributed by atoms with E-state index in [2.05, 4.69) is 11.8 Å². The van der Waals surface area contributed by atoms with E-state index in [0.717, 1.165) is 0 Å². The van der Waals surface area contributed by atoms with Gasteiger partial charge in [0.15, 0.2) is 0 Å². The first-order chi connectivity index (χ1) is 4.80. The molecule has 1 unspecified atom stereocenters. The highest BCUT2D eigenvalue weighted by Gasteiger charge is 2.12. The molecular weight excluding hydrogens is 146 g/mol. The van der Waals surface area contributed by atoms with Crippen molar-refractivity contribution in [3.8, 4) is 0 Å². The van der Waals surface area contributed by atoms with E-state index in [0.29, 0.717) is 0 Å². The maximum absolute atomic E-state index is 5.96. The third-order valence-corrected chi connectivity index (χ3v) is 2.42. The van der Waals surface area contributed by atoms with Crippen LogP contribution in [0, 0.1) is 0 Å². The molecule has 1 nitrogen and oxygen atoms in total. The topological polar surface area (TPSA) is 3.24 Å². The van der Waals surface area contributed by atoms with Crippen molar-refractivity contribution in [1.82, 2.24) is 4.90 Å². The summed E-state index contributed by atoms with van der Waals surface area (Å²) in [6.07, 6.45) is 5.44. The monoisotopic (exact) mass is 161 g/mol. The van der Waals surface area contributed by atoms with Crippen molar-refractivity contribution in [3.63, 3.8) is 0 Å². The second-order valence-electron chi connectivity index (χ2n) is 3.02. The minimum atomic E-state index is 0.234. The fraction of sp³-hybridized carbons (Fsp3) is 1.00. The van der Waals surface area contributed by atoms with Crippen LogP contribution in [0.25, 0.3) is 0 Å². The smallest absolute Gasteiger partial charge is 0.0821 e. The first kappa shape index (κ1) is 8.35. The van der Waals surface area contributed by atoms with Gasteiger partial charge in [0.25, 0.3) is 0 Å². The molecule has 0 bridgehead atoms. The number of nitrogens with zero attached hydrogens (tertiary/aromatic N) is 1. The summed E-state index contributed by atoms with van der Waals surface area (Å²) in [5, 5.41) is 0. The van der Waals surface area contributed by atoms with Crippen molar-refractivity contribution < 1.29 is 0 Å². The highest BCUT2D eigenvalue weighted by Crippen LogP contribution is 2.13. The normalized spacial score (nSPS) is 25.8. The minimum Gasteiger partial charge on any atom is -0.288 e. The van der Waals surface area contributed by atoms with Crippen molar-refractivity contribution in [1.29, 1.82) is 0 Å². The molecule has 0 saturated carbocycles. The van der Waals surface area contributed by atoms with E-state index in [1.807, 2.05) is 0 Å². The Balaban J connectivity index is 2.28. The van der Waals surface area contributed by atoms with E-state index >= 15 is 0 Å². The summed E-state index contributed by atoms with van der Waals surface area (Å²) in [6.45, 7) is 4.46. The second kappa shape index (κ2) is 4.20. The third-order valence-electron chi connectivity index (χ3n) is 2.14. The second-order valence-corrected chi connectivity index (χ2v) is 3.66. The first-order valence-electron chi connectivity index (χ1n) is 4.19. The minimum absolute atomic E-state index is 0.234. The zero-order valence-electron chi connectivity index (χ0n) is 6.65. The summed E-state index contributed by atoms with van der Waals surface area (Å²) in [4.78, 5) is 2.36. The lowest BCUT2D eigenvalue weighted by Gasteiger charge is -2.21. The maximum Gasteiger partial charge on any atom is 0.0821 e. The molecule has 10 heavy (non-hydrogen) atoms. The highest BCUT2D eigenvalue weighted by atomic mass is 35.5. The van der Waals surface area contributed by atoms with Gasteiger partial charge < -0.3 is 0 Å². The summed E-state index contributed by atoms with van der Waals surface area (Å²) in [5.74, 6) is 0. The average Bonchev–Trinajstić information content (AvgIpc) is 2.12. The van der Waals surface area contributed by atoms with Gasteiger partial charge >= 0.3 is 0 Å². The molecule has 1 saturated heterocycles. The fourth-order valence-electron chi connectivity index (χ4n) is 1.45. The first-order valence-corrected chi connectivity index (χ1v) is 4.62. The molecule has 2 heteroatoms. The van der Waals surface area contributed by atoms with Gasteiger partial charge in [-0.1, -0.05) is 12.8 Å². The molecule has 0 radical (unpaired) electrons. The predicted octanol–water partition coefficient (Wildman–Crippen LogP) is 2.45. The lowest BCUT2D eigenvalue weighted by atomic mass is 10.2. The number of halogens is 1. The Morgan fingerprint density at radius 2 is 1.60 bits per heavy atom. The number of likely N-dealkylation sites (tertiary alicyclic amines) is 1. The summed E-state index contributed by atoms with van der Waals surface area (Å²) in [7, 11) is 0. The Bertz CT molecular complexity index is 85.3. The van der Waals surface area contributed by atoms with E-state index in [4.69, 9.17) is 11.6 Å². The van der Waals surface area contributed by atoms with Gasteiger partial charge in [-0.15, -0.1) is 11.6 Å². The molecule has 0 aliphatic carbocycles. The van der Waals surface area contributed by atoms with Crippen LogP contribution in [0.1, 0.15) is 32.6 Å². The molecule has 1 aliphatic heterocycles. The van der Waals surface area contributed by atoms with Crippen LogP contribution in [-0.2, 0) is 0 Å². The summed E-state index contributed by atoms with van der Waals surface area (Å²) >= 11 is 5.96. The molecule has 0 aromatic rings. The molecule has 1 heterocycles. The van der Waals surface area contributed by atoms with Gasteiger partial charge in [0, 0.05) is 0 Å². The van der Waals surface area contributed by atoms with Gasteiger partial charge in [0.2, 0.25) is 0 Å². The Labute approximate surface area is 68.4 Å². The molecule has 1 aliphatic rings. The Morgan fingerprint density at radius 3 is 2.00 bits per heavy atom. The van der Waals surface area contributed by atoms with Crippen LogP contribution in [-0.4, -0.2) is 23.5 Å². The van der Waals surface area contributed by atoms with Crippen LogP contribution in [0.5, 0.6) is 0 Å². The van der Waals surface area contributed by atoms with E-state index in [-0.39, 0.29) is 5.50 Å². The zero-order valence-corrected chi connectivity index (χ0v) is 7.40. The summed E-state index contributed by atoms with van der Waals surface area (Å²) in [6, 6.07) is 0. The molecule has 0 aromatic carbocycles. The lowest BCUT2D eigenvalue weighted by Crippen LogP contribution is -2.29. The van der Waals surface area contributed by atoms with Crippen molar-refractivity contribution in [2.45, 2.75) is 38.1 Å². The number of hydrogen-bond donors (Lipinski definition) is 0. The molecular formula is C8H16ClN. The third kappa shape index (κ3) is 2.47. The van der Waals surface area contributed by atoms with E-state index in [1.54, 1.807) is 0 Å². The molecule has 0 amide bonds. The van der Waals surface area contributed by atoms with E-state index in [9.17, 15) is 0 Å². The Hall–Kier alpha value is 0.250. The summed E-state index contributed by atoms with van der Waals surface area (Å²) in [5.41, 5.74) is 0.234. The van der Waals surface area contributed by atoms with Crippen molar-refractivity contribution >= 4 is 11.6 Å². The standard InChI is InChI=1S/C8H16ClN/c1-8(9)10-6-4-2-3-5-7-10/h8H,2-7H2,1H3. The van der Waals surface area contributed by atoms with E-state index < -0.39 is 0 Å². The van der Waals surface area contributed by atoms with Crippen LogP contribution in [0.2, 0.25) is 0 Å². The quantitative estimate of drug-likeness (QED) is 0.422. The van der Waals surface area contributed by atoms with Gasteiger partial charge in [0.05, 0.1) is 5.50 Å². The predicted molar refractivity (Wildman–Crippen MR) is 45.4 cm³/mol. The molecule has 0 aromatic heterocycles. The van der Waals surface area contributed by atoms with E-state index in [1.165, 1.54) is 38.8 Å². The van der Waals surface area contributed by atoms with Crippen LogP contribution < -0.4 is 0 Å². The molecule has 1 rings (SSSR count). The molecule has 0 spiro atoms. The van der Waals surface area contributed by atoms with Gasteiger partial charge in [0.1, 0.15) is 0 Å². The van der Waals surface area contributed by atoms with Crippen molar-refractivity contribution in [2.24, 2.45) is 0 Å². The summed E-state index contributed by atoms with van der Waals surface area (Å²) < 4.78 is 0. The fourth-order valence-corrected chi connectivity index (χ4v) is 1.65. The van der Waals surface area contributed by atoms with Crippen LogP contribution in [0.3, 0.4) is 0 Å². The van der Waals surface area contributed by atoms with Gasteiger partial charge in [-0.3, -0.25) is 4.90 Å². The van der Waals surface area contributed by atoms with Crippen molar-refractivity contribution in [2.75, 3.05) is 13.1 Å². The number of hydrogen-bond acceptors (Lipinski definition) is 1. The maximum atomic E-state index is 5.96. The molecule has 1 fully saturated rings. The van der Waals surface area contributed by atoms with Gasteiger partial charge in [-0.05, 0) is 32.9 Å². The van der Waals surface area contributed by atoms with Crippen LogP contribution >= 0.6 is 11.6 Å². The largest absolute Gasteiger partial charge is 0.288 e. The van der Waals surface area contributed by atoms with Gasteiger partial charge in [-0.25, -0.2) is 0 Å². The number of rotatable bonds is 1. The molecule has 1 atom stereocenters. The van der Waals surface area contributed by atoms with Crippen molar-refractivity contribution in [3.05, 3.63) is 0 Å². The lowest BCUT2D eigenvalue weighted by molar-refractivity contribution is 0.273. The highest BCUT2D eigenvalue weighted by molar-refractivity contribution is 6.20. The Kier molecular flexibility index (Phi) is 3.50. The van der Waals surface area contributed by atoms with Crippen LogP contribution in [0.4, 0.5) is 0 Å².